The van der Waals surface area contributed by atoms with E-state index in [0.717, 1.165) is 17.7 Å². The Balaban J connectivity index is 2.28. The minimum atomic E-state index is -0.187. The summed E-state index contributed by atoms with van der Waals surface area (Å²) in [6.45, 7) is 2.06. The lowest BCUT2D eigenvalue weighted by Gasteiger charge is -2.11. The third-order valence-corrected chi connectivity index (χ3v) is 3.26. The molecule has 2 aromatic rings. The van der Waals surface area contributed by atoms with Crippen LogP contribution in [0.3, 0.4) is 0 Å². The van der Waals surface area contributed by atoms with Crippen LogP contribution in [0.5, 0.6) is 11.5 Å². The van der Waals surface area contributed by atoms with E-state index in [0.29, 0.717) is 17.1 Å². The van der Waals surface area contributed by atoms with Gasteiger partial charge in [0.15, 0.2) is 0 Å². The second-order valence-corrected chi connectivity index (χ2v) is 4.57. The molecule has 2 rings (SSSR count). The Morgan fingerprint density at radius 3 is 2.24 bits per heavy atom. The van der Waals surface area contributed by atoms with Gasteiger partial charge in [0.05, 0.1) is 14.2 Å². The summed E-state index contributed by atoms with van der Waals surface area (Å²) in [7, 11) is 3.12. The summed E-state index contributed by atoms with van der Waals surface area (Å²) in [5.41, 5.74) is 2.42. The van der Waals surface area contributed by atoms with Gasteiger partial charge in [-0.2, -0.15) is 0 Å². The molecule has 0 bridgehead atoms. The van der Waals surface area contributed by atoms with Crippen LogP contribution < -0.4 is 14.8 Å². The highest BCUT2D eigenvalue weighted by atomic mass is 16.5. The van der Waals surface area contributed by atoms with Gasteiger partial charge in [-0.25, -0.2) is 0 Å². The fourth-order valence-corrected chi connectivity index (χ4v) is 2.08. The number of nitrogens with one attached hydrogen (secondary N) is 1. The lowest BCUT2D eigenvalue weighted by atomic mass is 10.1. The molecule has 0 saturated heterocycles. The quantitative estimate of drug-likeness (QED) is 0.914. The fourth-order valence-electron chi connectivity index (χ4n) is 2.08. The Morgan fingerprint density at radius 1 is 1.05 bits per heavy atom. The van der Waals surface area contributed by atoms with Gasteiger partial charge in [0.1, 0.15) is 11.5 Å². The Labute approximate surface area is 124 Å². The van der Waals surface area contributed by atoms with Gasteiger partial charge in [-0.3, -0.25) is 4.79 Å². The Morgan fingerprint density at radius 2 is 1.67 bits per heavy atom. The van der Waals surface area contributed by atoms with E-state index in [1.807, 2.05) is 24.3 Å². The predicted molar refractivity (Wildman–Crippen MR) is 83.3 cm³/mol. The molecule has 0 saturated carbocycles. The molecule has 0 heterocycles. The van der Waals surface area contributed by atoms with Crippen molar-refractivity contribution < 1.29 is 14.3 Å². The summed E-state index contributed by atoms with van der Waals surface area (Å²) >= 11 is 0. The minimum Gasteiger partial charge on any atom is -0.497 e. The average Bonchev–Trinajstić information content (AvgIpc) is 2.54. The van der Waals surface area contributed by atoms with Crippen LogP contribution in [0.15, 0.2) is 42.5 Å². The second kappa shape index (κ2) is 6.79. The number of amides is 1. The first kappa shape index (κ1) is 14.9. The summed E-state index contributed by atoms with van der Waals surface area (Å²) in [6.07, 6.45) is 0.859. The second-order valence-electron chi connectivity index (χ2n) is 4.57. The Hall–Kier alpha value is -2.49. The zero-order valence-electron chi connectivity index (χ0n) is 12.5. The van der Waals surface area contributed by atoms with E-state index >= 15 is 0 Å². The highest BCUT2D eigenvalue weighted by Gasteiger charge is 2.11. The molecule has 2 aromatic carbocycles. The molecular formula is C17H19NO3. The lowest BCUT2D eigenvalue weighted by Crippen LogP contribution is -2.13. The van der Waals surface area contributed by atoms with Crippen molar-refractivity contribution in [2.45, 2.75) is 13.3 Å². The molecule has 0 aliphatic rings. The molecule has 4 nitrogen and oxygen atoms in total. The first-order valence-electron chi connectivity index (χ1n) is 6.80. The smallest absolute Gasteiger partial charge is 0.255 e. The van der Waals surface area contributed by atoms with Crippen molar-refractivity contribution in [2.75, 3.05) is 19.5 Å². The van der Waals surface area contributed by atoms with E-state index < -0.39 is 0 Å². The Kier molecular flexibility index (Phi) is 4.82. The number of anilines is 1. The normalized spacial score (nSPS) is 10.0. The molecule has 0 spiro atoms. The summed E-state index contributed by atoms with van der Waals surface area (Å²) in [6, 6.07) is 12.9. The van der Waals surface area contributed by atoms with Gasteiger partial charge in [-0.1, -0.05) is 25.1 Å². The van der Waals surface area contributed by atoms with E-state index in [9.17, 15) is 4.79 Å². The molecule has 21 heavy (non-hydrogen) atoms. The van der Waals surface area contributed by atoms with Crippen LogP contribution in [-0.4, -0.2) is 20.1 Å². The highest BCUT2D eigenvalue weighted by molar-refractivity contribution is 6.05. The van der Waals surface area contributed by atoms with Crippen LogP contribution in [0, 0.1) is 0 Å². The maximum absolute atomic E-state index is 12.4. The zero-order chi connectivity index (χ0) is 15.2. The molecule has 0 unspecified atom stereocenters. The first-order chi connectivity index (χ1) is 10.2. The lowest BCUT2D eigenvalue weighted by molar-refractivity contribution is 0.102. The molecule has 0 aliphatic carbocycles. The van der Waals surface area contributed by atoms with Gasteiger partial charge in [0.25, 0.3) is 5.91 Å². The summed E-state index contributed by atoms with van der Waals surface area (Å²) in [4.78, 5) is 12.4. The predicted octanol–water partition coefficient (Wildman–Crippen LogP) is 3.52. The number of carbonyl (C=O) groups is 1. The largest absolute Gasteiger partial charge is 0.497 e. The zero-order valence-corrected chi connectivity index (χ0v) is 12.5. The van der Waals surface area contributed by atoms with E-state index in [-0.39, 0.29) is 5.91 Å². The third kappa shape index (κ3) is 3.54. The van der Waals surface area contributed by atoms with E-state index in [1.54, 1.807) is 32.4 Å². The van der Waals surface area contributed by atoms with Crippen molar-refractivity contribution in [3.05, 3.63) is 53.6 Å². The number of hydrogen-bond donors (Lipinski definition) is 1. The standard InChI is InChI=1S/C17H19NO3/c1-4-12-7-5-6-8-16(12)18-17(19)13-9-14(20-2)11-15(10-13)21-3/h5-11H,4H2,1-3H3,(H,18,19). The number of methoxy groups -OCH3 is 2. The van der Waals surface area contributed by atoms with Crippen molar-refractivity contribution in [3.8, 4) is 11.5 Å². The number of rotatable bonds is 5. The SMILES string of the molecule is CCc1ccccc1NC(=O)c1cc(OC)cc(OC)c1. The molecule has 1 amide bonds. The molecule has 0 fully saturated rings. The van der Waals surface area contributed by atoms with Gasteiger partial charge in [-0.15, -0.1) is 0 Å². The van der Waals surface area contributed by atoms with Crippen molar-refractivity contribution in [2.24, 2.45) is 0 Å². The molecular weight excluding hydrogens is 266 g/mol. The number of ether oxygens (including phenoxy) is 2. The van der Waals surface area contributed by atoms with Crippen molar-refractivity contribution >= 4 is 11.6 Å². The van der Waals surface area contributed by atoms with Gasteiger partial charge in [-0.05, 0) is 30.2 Å². The topological polar surface area (TPSA) is 47.6 Å². The maximum Gasteiger partial charge on any atom is 0.255 e. The van der Waals surface area contributed by atoms with Gasteiger partial charge in [0.2, 0.25) is 0 Å². The van der Waals surface area contributed by atoms with Gasteiger partial charge >= 0.3 is 0 Å². The third-order valence-electron chi connectivity index (χ3n) is 3.26. The maximum atomic E-state index is 12.4. The number of carbonyl (C=O) groups excluding carboxylic acids is 1. The van der Waals surface area contributed by atoms with Crippen LogP contribution in [0.2, 0.25) is 0 Å². The fraction of sp³-hybridized carbons (Fsp3) is 0.235. The Bertz CT molecular complexity index is 615. The molecule has 0 aromatic heterocycles. The average molecular weight is 285 g/mol. The summed E-state index contributed by atoms with van der Waals surface area (Å²) in [5.74, 6) is 0.986. The molecule has 0 aliphatic heterocycles. The molecule has 0 atom stereocenters. The molecule has 4 heteroatoms. The van der Waals surface area contributed by atoms with Gasteiger partial charge in [0, 0.05) is 17.3 Å². The highest BCUT2D eigenvalue weighted by Crippen LogP contribution is 2.24. The van der Waals surface area contributed by atoms with E-state index in [1.165, 1.54) is 0 Å². The molecule has 1 N–H and O–H groups in total. The van der Waals surface area contributed by atoms with Crippen LogP contribution >= 0.6 is 0 Å². The monoisotopic (exact) mass is 285 g/mol. The summed E-state index contributed by atoms with van der Waals surface area (Å²) in [5, 5.41) is 2.93. The van der Waals surface area contributed by atoms with Crippen molar-refractivity contribution in [1.29, 1.82) is 0 Å². The summed E-state index contributed by atoms with van der Waals surface area (Å²) < 4.78 is 10.4. The van der Waals surface area contributed by atoms with Crippen LogP contribution in [0.25, 0.3) is 0 Å². The van der Waals surface area contributed by atoms with Crippen molar-refractivity contribution in [1.82, 2.24) is 0 Å². The first-order valence-corrected chi connectivity index (χ1v) is 6.80. The van der Waals surface area contributed by atoms with Crippen LogP contribution in [0.1, 0.15) is 22.8 Å². The minimum absolute atomic E-state index is 0.187. The van der Waals surface area contributed by atoms with Gasteiger partial charge < -0.3 is 14.8 Å². The number of benzene rings is 2. The number of hydrogen-bond acceptors (Lipinski definition) is 3. The van der Waals surface area contributed by atoms with Crippen LogP contribution in [-0.2, 0) is 6.42 Å². The van der Waals surface area contributed by atoms with E-state index in [2.05, 4.69) is 12.2 Å². The van der Waals surface area contributed by atoms with Crippen molar-refractivity contribution in [3.63, 3.8) is 0 Å². The molecule has 110 valence electrons. The van der Waals surface area contributed by atoms with Crippen LogP contribution in [0.4, 0.5) is 5.69 Å². The number of aryl methyl sites for hydroxylation is 1. The number of para-hydroxylation sites is 1. The van der Waals surface area contributed by atoms with E-state index in [4.69, 9.17) is 9.47 Å². The molecule has 0 radical (unpaired) electrons.